The Labute approximate surface area is 223 Å². The fraction of sp³-hybridized carbons (Fsp3) is 0.250. The van der Waals surface area contributed by atoms with Gasteiger partial charge in [0.1, 0.15) is 17.6 Å². The first-order chi connectivity index (χ1) is 18.5. The van der Waals surface area contributed by atoms with E-state index < -0.39 is 17.8 Å². The molecule has 2 amide bonds. The van der Waals surface area contributed by atoms with E-state index in [1.165, 1.54) is 11.0 Å². The number of nitrogens with one attached hydrogen (secondary N) is 1. The zero-order chi connectivity index (χ0) is 26.9. The van der Waals surface area contributed by atoms with Gasteiger partial charge in [-0.05, 0) is 36.4 Å². The van der Waals surface area contributed by atoms with Gasteiger partial charge < -0.3 is 15.0 Å². The minimum Gasteiger partial charge on any atom is -0.483 e. The van der Waals surface area contributed by atoms with E-state index >= 15 is 0 Å². The molecule has 4 aromatic rings. The van der Waals surface area contributed by atoms with Crippen LogP contribution in [0.5, 0.6) is 5.75 Å². The first-order valence-electron chi connectivity index (χ1n) is 12.9. The van der Waals surface area contributed by atoms with Gasteiger partial charge >= 0.3 is 0 Å². The molecule has 0 saturated carbocycles. The Morgan fingerprint density at radius 3 is 2.34 bits per heavy atom. The smallest absolute Gasteiger partial charge is 0.261 e. The summed E-state index contributed by atoms with van der Waals surface area (Å²) in [7, 11) is 0. The number of carbonyl (C=O) groups excluding carboxylic acids is 2. The van der Waals surface area contributed by atoms with Gasteiger partial charge in [0, 0.05) is 30.0 Å². The van der Waals surface area contributed by atoms with Crippen LogP contribution in [0.2, 0.25) is 0 Å². The highest BCUT2D eigenvalue weighted by Crippen LogP contribution is 2.25. The third-order valence-corrected chi connectivity index (χ3v) is 6.67. The van der Waals surface area contributed by atoms with E-state index in [1.807, 2.05) is 86.6 Å². The quantitative estimate of drug-likeness (QED) is 0.272. The third kappa shape index (κ3) is 6.76. The first kappa shape index (κ1) is 26.9. The van der Waals surface area contributed by atoms with E-state index in [1.54, 1.807) is 18.2 Å². The Bertz CT molecular complexity index is 1370. The highest BCUT2D eigenvalue weighted by Gasteiger charge is 2.31. The van der Waals surface area contributed by atoms with Crippen molar-refractivity contribution in [3.63, 3.8) is 0 Å². The lowest BCUT2D eigenvalue weighted by Crippen LogP contribution is -2.53. The van der Waals surface area contributed by atoms with Gasteiger partial charge in [0.15, 0.2) is 6.61 Å². The summed E-state index contributed by atoms with van der Waals surface area (Å²) >= 11 is 0. The van der Waals surface area contributed by atoms with Crippen LogP contribution >= 0.6 is 0 Å². The van der Waals surface area contributed by atoms with E-state index in [2.05, 4.69) is 5.32 Å². The third-order valence-electron chi connectivity index (χ3n) is 6.67. The SMILES string of the molecule is CCC(C)NC(=O)C(Cc1ccccc1)N(Cc1ccccc1F)C(=O)COc1cccc2ccccc12. The fourth-order valence-corrected chi connectivity index (χ4v) is 4.35. The Balaban J connectivity index is 1.66. The molecular formula is C32H33FN2O3. The summed E-state index contributed by atoms with van der Waals surface area (Å²) in [5, 5.41) is 4.90. The van der Waals surface area contributed by atoms with Crippen molar-refractivity contribution in [1.82, 2.24) is 10.2 Å². The molecule has 2 atom stereocenters. The van der Waals surface area contributed by atoms with Crippen molar-refractivity contribution in [3.05, 3.63) is 114 Å². The van der Waals surface area contributed by atoms with Crippen LogP contribution in [0.4, 0.5) is 4.39 Å². The summed E-state index contributed by atoms with van der Waals surface area (Å²) in [6.45, 7) is 3.56. The Hall–Kier alpha value is -4.19. The van der Waals surface area contributed by atoms with E-state index in [9.17, 15) is 14.0 Å². The highest BCUT2D eigenvalue weighted by molar-refractivity contribution is 5.90. The van der Waals surface area contributed by atoms with Crippen LogP contribution in [-0.4, -0.2) is 35.4 Å². The molecule has 0 spiro atoms. The van der Waals surface area contributed by atoms with Gasteiger partial charge in [-0.15, -0.1) is 0 Å². The predicted octanol–water partition coefficient (Wildman–Crippen LogP) is 5.91. The zero-order valence-corrected chi connectivity index (χ0v) is 21.8. The predicted molar refractivity (Wildman–Crippen MR) is 148 cm³/mol. The van der Waals surface area contributed by atoms with Crippen LogP contribution in [0.25, 0.3) is 10.8 Å². The van der Waals surface area contributed by atoms with Gasteiger partial charge in [-0.25, -0.2) is 4.39 Å². The van der Waals surface area contributed by atoms with E-state index in [0.29, 0.717) is 11.3 Å². The zero-order valence-electron chi connectivity index (χ0n) is 21.8. The number of rotatable bonds is 11. The number of halogens is 1. The minimum absolute atomic E-state index is 0.0597. The van der Waals surface area contributed by atoms with Crippen molar-refractivity contribution < 1.29 is 18.7 Å². The van der Waals surface area contributed by atoms with Crippen LogP contribution in [0.1, 0.15) is 31.4 Å². The topological polar surface area (TPSA) is 58.6 Å². The number of ether oxygens (including phenoxy) is 1. The number of fused-ring (bicyclic) bond motifs is 1. The van der Waals surface area contributed by atoms with Crippen molar-refractivity contribution in [3.8, 4) is 5.75 Å². The Kier molecular flexibility index (Phi) is 9.09. The van der Waals surface area contributed by atoms with Crippen molar-refractivity contribution in [1.29, 1.82) is 0 Å². The molecule has 0 aliphatic carbocycles. The van der Waals surface area contributed by atoms with Gasteiger partial charge in [-0.2, -0.15) is 0 Å². The second kappa shape index (κ2) is 12.9. The first-order valence-corrected chi connectivity index (χ1v) is 12.9. The number of nitrogens with zero attached hydrogens (tertiary/aromatic N) is 1. The summed E-state index contributed by atoms with van der Waals surface area (Å²) in [6.07, 6.45) is 1.03. The molecule has 0 bridgehead atoms. The molecule has 0 heterocycles. The molecule has 196 valence electrons. The largest absolute Gasteiger partial charge is 0.483 e. The molecular weight excluding hydrogens is 479 g/mol. The average Bonchev–Trinajstić information content (AvgIpc) is 2.94. The molecule has 4 rings (SSSR count). The van der Waals surface area contributed by atoms with E-state index in [0.717, 1.165) is 22.8 Å². The van der Waals surface area contributed by atoms with Crippen LogP contribution < -0.4 is 10.1 Å². The van der Waals surface area contributed by atoms with Crippen LogP contribution in [0, 0.1) is 5.82 Å². The van der Waals surface area contributed by atoms with Gasteiger partial charge in [0.25, 0.3) is 5.91 Å². The standard InChI is InChI=1S/C32H33FN2O3/c1-3-23(2)34-32(37)29(20-24-12-5-4-6-13-24)35(21-26-15-8-10-18-28(26)33)31(36)22-38-30-19-11-16-25-14-7-9-17-27(25)30/h4-19,23,29H,3,20-22H2,1-2H3,(H,34,37). The number of hydrogen-bond acceptors (Lipinski definition) is 3. The molecule has 0 aromatic heterocycles. The lowest BCUT2D eigenvalue weighted by molar-refractivity contribution is -0.143. The molecule has 0 radical (unpaired) electrons. The van der Waals surface area contributed by atoms with Crippen LogP contribution in [0.15, 0.2) is 97.1 Å². The highest BCUT2D eigenvalue weighted by atomic mass is 19.1. The fourth-order valence-electron chi connectivity index (χ4n) is 4.35. The Morgan fingerprint density at radius 2 is 1.58 bits per heavy atom. The normalized spacial score (nSPS) is 12.5. The molecule has 2 unspecified atom stereocenters. The lowest BCUT2D eigenvalue weighted by Gasteiger charge is -2.32. The van der Waals surface area contributed by atoms with Crippen molar-refractivity contribution in [2.45, 2.75) is 45.3 Å². The maximum absolute atomic E-state index is 14.7. The molecule has 0 saturated heterocycles. The van der Waals surface area contributed by atoms with Crippen LogP contribution in [0.3, 0.4) is 0 Å². The molecule has 0 aliphatic heterocycles. The number of benzene rings is 4. The lowest BCUT2D eigenvalue weighted by atomic mass is 10.0. The van der Waals surface area contributed by atoms with Gasteiger partial charge in [0.05, 0.1) is 0 Å². The summed E-state index contributed by atoms with van der Waals surface area (Å²) in [5.74, 6) is -0.536. The minimum atomic E-state index is -0.852. The van der Waals surface area contributed by atoms with E-state index in [4.69, 9.17) is 4.74 Å². The van der Waals surface area contributed by atoms with Gasteiger partial charge in [-0.1, -0.05) is 91.9 Å². The maximum atomic E-state index is 14.7. The van der Waals surface area contributed by atoms with Gasteiger partial charge in [-0.3, -0.25) is 9.59 Å². The molecule has 1 N–H and O–H groups in total. The average molecular weight is 513 g/mol. The number of amides is 2. The summed E-state index contributed by atoms with van der Waals surface area (Å²) < 4.78 is 20.7. The molecule has 6 heteroatoms. The summed E-state index contributed by atoms with van der Waals surface area (Å²) in [4.78, 5) is 28.7. The molecule has 38 heavy (non-hydrogen) atoms. The monoisotopic (exact) mass is 512 g/mol. The Morgan fingerprint density at radius 1 is 0.895 bits per heavy atom. The van der Waals surface area contributed by atoms with Crippen LogP contribution in [-0.2, 0) is 22.6 Å². The maximum Gasteiger partial charge on any atom is 0.261 e. The van der Waals surface area contributed by atoms with Crippen molar-refractivity contribution >= 4 is 22.6 Å². The summed E-state index contributed by atoms with van der Waals surface area (Å²) in [5.41, 5.74) is 1.23. The van der Waals surface area contributed by atoms with E-state index in [-0.39, 0.29) is 31.5 Å². The summed E-state index contributed by atoms with van der Waals surface area (Å²) in [6, 6.07) is 28.3. The van der Waals surface area contributed by atoms with Gasteiger partial charge in [0.2, 0.25) is 5.91 Å². The number of hydrogen-bond donors (Lipinski definition) is 1. The number of carbonyl (C=O) groups is 2. The van der Waals surface area contributed by atoms with Crippen molar-refractivity contribution in [2.24, 2.45) is 0 Å². The second-order valence-corrected chi connectivity index (χ2v) is 9.40. The second-order valence-electron chi connectivity index (χ2n) is 9.40. The molecule has 5 nitrogen and oxygen atoms in total. The van der Waals surface area contributed by atoms with Crippen molar-refractivity contribution in [2.75, 3.05) is 6.61 Å². The molecule has 0 aliphatic rings. The molecule has 4 aromatic carbocycles. The molecule has 0 fully saturated rings.